The fourth-order valence-electron chi connectivity index (χ4n) is 2.50. The minimum atomic E-state index is 0.224. The first kappa shape index (κ1) is 12.7. The standard InChI is InChI=1S/C16H21Cl/c1-2-6-13-7-5-9-14(11-13)15-8-3-4-10-16(17)12-15/h5,7,9,11-12,16H,2-4,6,8,10H2,1H3. The van der Waals surface area contributed by atoms with Crippen LogP contribution in [0, 0.1) is 0 Å². The molecule has 0 spiro atoms. The van der Waals surface area contributed by atoms with E-state index in [-0.39, 0.29) is 5.38 Å². The molecule has 0 bridgehead atoms. The molecule has 0 aromatic heterocycles. The number of benzene rings is 1. The van der Waals surface area contributed by atoms with E-state index in [1.54, 1.807) is 0 Å². The molecule has 92 valence electrons. The second-order valence-corrected chi connectivity index (χ2v) is 5.46. The number of halogens is 1. The van der Waals surface area contributed by atoms with Crippen LogP contribution < -0.4 is 0 Å². The number of hydrogen-bond donors (Lipinski definition) is 0. The Hall–Kier alpha value is -0.750. The highest BCUT2D eigenvalue weighted by Gasteiger charge is 2.11. The average molecular weight is 249 g/mol. The number of hydrogen-bond acceptors (Lipinski definition) is 0. The fourth-order valence-corrected chi connectivity index (χ4v) is 2.80. The van der Waals surface area contributed by atoms with Gasteiger partial charge in [0.1, 0.15) is 0 Å². The van der Waals surface area contributed by atoms with Gasteiger partial charge >= 0.3 is 0 Å². The Kier molecular flexibility index (Phi) is 4.67. The Morgan fingerprint density at radius 1 is 1.29 bits per heavy atom. The molecule has 1 aliphatic carbocycles. The van der Waals surface area contributed by atoms with Gasteiger partial charge in [-0.05, 0) is 42.4 Å². The van der Waals surface area contributed by atoms with Crippen molar-refractivity contribution in [3.63, 3.8) is 0 Å². The molecule has 0 fully saturated rings. The molecule has 0 amide bonds. The van der Waals surface area contributed by atoms with E-state index in [0.29, 0.717) is 0 Å². The van der Waals surface area contributed by atoms with E-state index < -0.39 is 0 Å². The maximum Gasteiger partial charge on any atom is 0.0521 e. The predicted octanol–water partition coefficient (Wildman–Crippen LogP) is 5.20. The molecule has 1 aromatic rings. The van der Waals surface area contributed by atoms with E-state index in [1.807, 2.05) is 0 Å². The normalized spacial score (nSPS) is 20.8. The van der Waals surface area contributed by atoms with Gasteiger partial charge in [-0.2, -0.15) is 0 Å². The first-order valence-corrected chi connectivity index (χ1v) is 7.17. The van der Waals surface area contributed by atoms with Crippen molar-refractivity contribution in [2.75, 3.05) is 0 Å². The van der Waals surface area contributed by atoms with Gasteiger partial charge < -0.3 is 0 Å². The molecule has 2 rings (SSSR count). The van der Waals surface area contributed by atoms with Crippen LogP contribution in [-0.2, 0) is 6.42 Å². The van der Waals surface area contributed by atoms with Gasteiger partial charge in [0, 0.05) is 0 Å². The molecule has 0 nitrogen and oxygen atoms in total. The number of aryl methyl sites for hydroxylation is 1. The van der Waals surface area contributed by atoms with Gasteiger partial charge in [0.15, 0.2) is 0 Å². The van der Waals surface area contributed by atoms with Crippen LogP contribution in [0.15, 0.2) is 30.3 Å². The van der Waals surface area contributed by atoms with Crippen LogP contribution >= 0.6 is 11.6 Å². The lowest BCUT2D eigenvalue weighted by atomic mass is 9.98. The van der Waals surface area contributed by atoms with Crippen LogP contribution in [0.3, 0.4) is 0 Å². The van der Waals surface area contributed by atoms with Crippen LogP contribution in [0.25, 0.3) is 5.57 Å². The summed E-state index contributed by atoms with van der Waals surface area (Å²) in [6, 6.07) is 8.96. The molecule has 0 N–H and O–H groups in total. The SMILES string of the molecule is CCCc1cccc(C2=CC(Cl)CCCC2)c1. The predicted molar refractivity (Wildman–Crippen MR) is 76.5 cm³/mol. The summed E-state index contributed by atoms with van der Waals surface area (Å²) in [5.74, 6) is 0. The van der Waals surface area contributed by atoms with E-state index in [4.69, 9.17) is 11.6 Å². The summed E-state index contributed by atoms with van der Waals surface area (Å²) >= 11 is 6.29. The van der Waals surface area contributed by atoms with Gasteiger partial charge in [-0.25, -0.2) is 0 Å². The second kappa shape index (κ2) is 6.26. The Labute approximate surface area is 110 Å². The number of alkyl halides is 1. The topological polar surface area (TPSA) is 0 Å². The highest BCUT2D eigenvalue weighted by Crippen LogP contribution is 2.28. The maximum absolute atomic E-state index is 6.29. The zero-order valence-electron chi connectivity index (χ0n) is 10.6. The van der Waals surface area contributed by atoms with Crippen molar-refractivity contribution >= 4 is 17.2 Å². The molecule has 1 heteroatoms. The maximum atomic E-state index is 6.29. The van der Waals surface area contributed by atoms with Crippen LogP contribution in [-0.4, -0.2) is 5.38 Å². The lowest BCUT2D eigenvalue weighted by Gasteiger charge is -2.08. The first-order chi connectivity index (χ1) is 8.29. The summed E-state index contributed by atoms with van der Waals surface area (Å²) < 4.78 is 0. The first-order valence-electron chi connectivity index (χ1n) is 6.73. The molecule has 0 saturated carbocycles. The van der Waals surface area contributed by atoms with Gasteiger partial charge in [-0.1, -0.05) is 50.1 Å². The van der Waals surface area contributed by atoms with Crippen molar-refractivity contribution in [3.8, 4) is 0 Å². The van der Waals surface area contributed by atoms with Crippen molar-refractivity contribution in [1.29, 1.82) is 0 Å². The molecule has 0 radical (unpaired) electrons. The summed E-state index contributed by atoms with van der Waals surface area (Å²) in [4.78, 5) is 0. The fraction of sp³-hybridized carbons (Fsp3) is 0.500. The minimum absolute atomic E-state index is 0.224. The third kappa shape index (κ3) is 3.61. The summed E-state index contributed by atoms with van der Waals surface area (Å²) in [7, 11) is 0. The number of rotatable bonds is 3. The van der Waals surface area contributed by atoms with E-state index >= 15 is 0 Å². The van der Waals surface area contributed by atoms with Gasteiger partial charge in [-0.15, -0.1) is 11.6 Å². The highest BCUT2D eigenvalue weighted by atomic mass is 35.5. The molecular formula is C16H21Cl. The average Bonchev–Trinajstić information content (AvgIpc) is 2.55. The van der Waals surface area contributed by atoms with E-state index in [1.165, 1.54) is 48.8 Å². The van der Waals surface area contributed by atoms with Crippen molar-refractivity contribution in [1.82, 2.24) is 0 Å². The lowest BCUT2D eigenvalue weighted by molar-refractivity contribution is 0.724. The molecule has 0 saturated heterocycles. The van der Waals surface area contributed by atoms with Crippen molar-refractivity contribution in [2.45, 2.75) is 50.8 Å². The van der Waals surface area contributed by atoms with Crippen LogP contribution in [0.5, 0.6) is 0 Å². The Morgan fingerprint density at radius 2 is 2.18 bits per heavy atom. The summed E-state index contributed by atoms with van der Waals surface area (Å²) in [6.45, 7) is 2.23. The van der Waals surface area contributed by atoms with Crippen molar-refractivity contribution in [2.24, 2.45) is 0 Å². The van der Waals surface area contributed by atoms with Crippen molar-refractivity contribution < 1.29 is 0 Å². The third-order valence-corrected chi connectivity index (χ3v) is 3.74. The number of allylic oxidation sites excluding steroid dienone is 2. The Morgan fingerprint density at radius 3 is 3.00 bits per heavy atom. The quantitative estimate of drug-likeness (QED) is 0.645. The van der Waals surface area contributed by atoms with Crippen LogP contribution in [0.1, 0.15) is 50.2 Å². The molecule has 17 heavy (non-hydrogen) atoms. The zero-order chi connectivity index (χ0) is 12.1. The van der Waals surface area contributed by atoms with E-state index in [9.17, 15) is 0 Å². The second-order valence-electron chi connectivity index (χ2n) is 4.90. The van der Waals surface area contributed by atoms with Gasteiger partial charge in [0.05, 0.1) is 5.38 Å². The van der Waals surface area contributed by atoms with E-state index in [2.05, 4.69) is 37.3 Å². The third-order valence-electron chi connectivity index (χ3n) is 3.39. The molecular weight excluding hydrogens is 228 g/mol. The zero-order valence-corrected chi connectivity index (χ0v) is 11.3. The summed E-state index contributed by atoms with van der Waals surface area (Å²) in [5.41, 5.74) is 4.27. The molecule has 1 unspecified atom stereocenters. The minimum Gasteiger partial charge on any atom is -0.118 e. The van der Waals surface area contributed by atoms with Crippen LogP contribution in [0.4, 0.5) is 0 Å². The summed E-state index contributed by atoms with van der Waals surface area (Å²) in [5, 5.41) is 0.224. The molecule has 1 aliphatic rings. The van der Waals surface area contributed by atoms with Gasteiger partial charge in [-0.3, -0.25) is 0 Å². The van der Waals surface area contributed by atoms with E-state index in [0.717, 1.165) is 6.42 Å². The van der Waals surface area contributed by atoms with Gasteiger partial charge in [0.2, 0.25) is 0 Å². The molecule has 0 heterocycles. The smallest absolute Gasteiger partial charge is 0.0521 e. The largest absolute Gasteiger partial charge is 0.118 e. The Balaban J connectivity index is 2.22. The summed E-state index contributed by atoms with van der Waals surface area (Å²) in [6.07, 6.45) is 9.47. The van der Waals surface area contributed by atoms with Crippen molar-refractivity contribution in [3.05, 3.63) is 41.5 Å². The highest BCUT2D eigenvalue weighted by molar-refractivity contribution is 6.22. The Bertz CT molecular complexity index is 392. The molecule has 0 aliphatic heterocycles. The lowest BCUT2D eigenvalue weighted by Crippen LogP contribution is -1.92. The van der Waals surface area contributed by atoms with Gasteiger partial charge in [0.25, 0.3) is 0 Å². The monoisotopic (exact) mass is 248 g/mol. The molecule has 1 atom stereocenters. The van der Waals surface area contributed by atoms with Crippen LogP contribution in [0.2, 0.25) is 0 Å². The molecule has 1 aromatic carbocycles.